The van der Waals surface area contributed by atoms with Crippen LogP contribution in [-0.2, 0) is 21.2 Å². The molecule has 0 radical (unpaired) electrons. The summed E-state index contributed by atoms with van der Waals surface area (Å²) in [7, 11) is -3.84. The highest BCUT2D eigenvalue weighted by Gasteiger charge is 2.18. The van der Waals surface area contributed by atoms with Crippen molar-refractivity contribution in [3.63, 3.8) is 0 Å². The van der Waals surface area contributed by atoms with Gasteiger partial charge in [-0.3, -0.25) is 10.2 Å². The Morgan fingerprint density at radius 3 is 2.22 bits per heavy atom. The zero-order valence-electron chi connectivity index (χ0n) is 14.9. The maximum Gasteiger partial charge on any atom is 0.257 e. The van der Waals surface area contributed by atoms with Gasteiger partial charge in [-0.2, -0.15) is 0 Å². The molecule has 0 atom stereocenters. The second-order valence-electron chi connectivity index (χ2n) is 6.86. The molecule has 0 aliphatic heterocycles. The summed E-state index contributed by atoms with van der Waals surface area (Å²) in [6.45, 7) is 0. The minimum Gasteiger partial charge on any atom is -0.277 e. The van der Waals surface area contributed by atoms with E-state index in [4.69, 9.17) is 0 Å². The molecule has 144 valence electrons. The Bertz CT molecular complexity index is 874. The number of halogens is 1. The minimum atomic E-state index is -3.84. The number of carbonyl (C=O) groups is 1. The molecule has 0 bridgehead atoms. The summed E-state index contributed by atoms with van der Waals surface area (Å²) < 4.78 is 37.6. The number of rotatable bonds is 6. The number of amides is 1. The summed E-state index contributed by atoms with van der Waals surface area (Å²) in [5.74, 6) is -0.417. The highest BCUT2D eigenvalue weighted by molar-refractivity contribution is 7.89. The zero-order chi connectivity index (χ0) is 19.3. The van der Waals surface area contributed by atoms with Crippen LogP contribution in [0.1, 0.15) is 49.1 Å². The van der Waals surface area contributed by atoms with Crippen LogP contribution in [0.25, 0.3) is 0 Å². The molecule has 1 aliphatic rings. The molecule has 1 aliphatic carbocycles. The summed E-state index contributed by atoms with van der Waals surface area (Å²) in [6.07, 6.45) is 5.93. The highest BCUT2D eigenvalue weighted by atomic mass is 32.2. The van der Waals surface area contributed by atoms with E-state index in [0.717, 1.165) is 18.4 Å². The molecule has 0 aromatic heterocycles. The van der Waals surface area contributed by atoms with E-state index in [-0.39, 0.29) is 11.3 Å². The third kappa shape index (κ3) is 5.37. The van der Waals surface area contributed by atoms with Crippen molar-refractivity contribution in [3.05, 3.63) is 65.5 Å². The van der Waals surface area contributed by atoms with Crippen LogP contribution in [0.3, 0.4) is 0 Å². The number of carbonyl (C=O) groups excluding carboxylic acids is 1. The maximum absolute atomic E-state index is 12.9. The molecular weight excluding hydrogens is 367 g/mol. The Balaban J connectivity index is 1.57. The van der Waals surface area contributed by atoms with Crippen molar-refractivity contribution in [1.82, 2.24) is 10.3 Å². The zero-order valence-corrected chi connectivity index (χ0v) is 15.8. The predicted octanol–water partition coefficient (Wildman–Crippen LogP) is 3.43. The van der Waals surface area contributed by atoms with Gasteiger partial charge < -0.3 is 0 Å². The van der Waals surface area contributed by atoms with Gasteiger partial charge in [-0.05, 0) is 54.2 Å². The normalized spacial score (nSPS) is 15.4. The highest BCUT2D eigenvalue weighted by Crippen LogP contribution is 2.32. The lowest BCUT2D eigenvalue weighted by Crippen LogP contribution is -2.42. The van der Waals surface area contributed by atoms with Crippen molar-refractivity contribution in [2.75, 3.05) is 0 Å². The monoisotopic (exact) mass is 390 g/mol. The fourth-order valence-electron chi connectivity index (χ4n) is 3.37. The SMILES string of the molecule is O=C(Cc1ccc(F)cc1)NNS(=O)(=O)c1ccc(C2CCCCC2)cc1. The smallest absolute Gasteiger partial charge is 0.257 e. The average molecular weight is 390 g/mol. The lowest BCUT2D eigenvalue weighted by Gasteiger charge is -2.22. The van der Waals surface area contributed by atoms with E-state index in [0.29, 0.717) is 11.5 Å². The minimum absolute atomic E-state index is 0.0522. The molecular formula is C20H23FN2O3S. The second kappa shape index (κ2) is 8.63. The van der Waals surface area contributed by atoms with Crippen LogP contribution in [0, 0.1) is 5.82 Å². The van der Waals surface area contributed by atoms with E-state index in [9.17, 15) is 17.6 Å². The molecule has 7 heteroatoms. The molecule has 1 amide bonds. The maximum atomic E-state index is 12.9. The Hall–Kier alpha value is -2.25. The Morgan fingerprint density at radius 1 is 0.963 bits per heavy atom. The molecule has 2 aromatic carbocycles. The number of hydrogen-bond donors (Lipinski definition) is 2. The van der Waals surface area contributed by atoms with E-state index >= 15 is 0 Å². The molecule has 2 N–H and O–H groups in total. The van der Waals surface area contributed by atoms with Gasteiger partial charge in [-0.15, -0.1) is 4.83 Å². The largest absolute Gasteiger partial charge is 0.277 e. The summed E-state index contributed by atoms with van der Waals surface area (Å²) >= 11 is 0. The molecule has 27 heavy (non-hydrogen) atoms. The Labute approximate surface area is 159 Å². The standard InChI is InChI=1S/C20H23FN2O3S/c21-18-10-6-15(7-11-18)14-20(24)22-23-27(25,26)19-12-8-17(9-13-19)16-4-2-1-3-5-16/h6-13,16,23H,1-5,14H2,(H,22,24). The molecule has 0 saturated heterocycles. The fourth-order valence-corrected chi connectivity index (χ4v) is 4.23. The first kappa shape index (κ1) is 19.5. The molecule has 1 saturated carbocycles. The first-order valence-electron chi connectivity index (χ1n) is 9.09. The van der Waals surface area contributed by atoms with Crippen molar-refractivity contribution in [1.29, 1.82) is 0 Å². The Morgan fingerprint density at radius 2 is 1.59 bits per heavy atom. The lowest BCUT2D eigenvalue weighted by atomic mass is 9.84. The topological polar surface area (TPSA) is 75.3 Å². The predicted molar refractivity (Wildman–Crippen MR) is 101 cm³/mol. The van der Waals surface area contributed by atoms with Gasteiger partial charge in [-0.25, -0.2) is 12.8 Å². The van der Waals surface area contributed by atoms with E-state index < -0.39 is 21.7 Å². The number of hydrazine groups is 1. The van der Waals surface area contributed by atoms with Gasteiger partial charge in [-0.1, -0.05) is 43.5 Å². The second-order valence-corrected chi connectivity index (χ2v) is 8.54. The number of sulfonamides is 1. The van der Waals surface area contributed by atoms with Gasteiger partial charge in [0.05, 0.1) is 11.3 Å². The van der Waals surface area contributed by atoms with Crippen LogP contribution in [0.5, 0.6) is 0 Å². The average Bonchev–Trinajstić information content (AvgIpc) is 2.69. The molecule has 2 aromatic rings. The van der Waals surface area contributed by atoms with Crippen LogP contribution >= 0.6 is 0 Å². The summed E-state index contributed by atoms with van der Waals surface area (Å²) in [5, 5.41) is 0. The molecule has 0 unspecified atom stereocenters. The van der Waals surface area contributed by atoms with Crippen molar-refractivity contribution < 1.29 is 17.6 Å². The number of hydrogen-bond acceptors (Lipinski definition) is 3. The summed E-state index contributed by atoms with van der Waals surface area (Å²) in [4.78, 5) is 14.1. The third-order valence-corrected chi connectivity index (χ3v) is 6.13. The summed E-state index contributed by atoms with van der Waals surface area (Å²) in [6, 6.07) is 12.3. The molecule has 0 heterocycles. The number of benzene rings is 2. The third-order valence-electron chi connectivity index (χ3n) is 4.87. The van der Waals surface area contributed by atoms with Crippen molar-refractivity contribution in [2.24, 2.45) is 0 Å². The van der Waals surface area contributed by atoms with Crippen LogP contribution in [0.4, 0.5) is 4.39 Å². The molecule has 3 rings (SSSR count). The van der Waals surface area contributed by atoms with Crippen LogP contribution in [-0.4, -0.2) is 14.3 Å². The lowest BCUT2D eigenvalue weighted by molar-refractivity contribution is -0.120. The Kier molecular flexibility index (Phi) is 6.23. The molecule has 5 nitrogen and oxygen atoms in total. The van der Waals surface area contributed by atoms with Gasteiger partial charge in [0.1, 0.15) is 5.82 Å². The van der Waals surface area contributed by atoms with E-state index in [1.165, 1.54) is 43.5 Å². The van der Waals surface area contributed by atoms with Crippen LogP contribution in [0.15, 0.2) is 53.4 Å². The van der Waals surface area contributed by atoms with E-state index in [2.05, 4.69) is 10.3 Å². The first-order valence-corrected chi connectivity index (χ1v) is 10.6. The van der Waals surface area contributed by atoms with Gasteiger partial charge >= 0.3 is 0 Å². The van der Waals surface area contributed by atoms with Gasteiger partial charge in [0.2, 0.25) is 5.91 Å². The first-order chi connectivity index (χ1) is 12.9. The van der Waals surface area contributed by atoms with E-state index in [1.54, 1.807) is 12.1 Å². The van der Waals surface area contributed by atoms with Crippen LogP contribution < -0.4 is 10.3 Å². The molecule has 1 fully saturated rings. The van der Waals surface area contributed by atoms with Gasteiger partial charge in [0.25, 0.3) is 10.0 Å². The van der Waals surface area contributed by atoms with Crippen molar-refractivity contribution in [2.45, 2.75) is 49.3 Å². The quantitative estimate of drug-likeness (QED) is 0.742. The summed E-state index contributed by atoms with van der Waals surface area (Å²) in [5.41, 5.74) is 3.94. The van der Waals surface area contributed by atoms with Gasteiger partial charge in [0, 0.05) is 0 Å². The van der Waals surface area contributed by atoms with Crippen molar-refractivity contribution >= 4 is 15.9 Å². The van der Waals surface area contributed by atoms with Crippen molar-refractivity contribution in [3.8, 4) is 0 Å². The fraction of sp³-hybridized carbons (Fsp3) is 0.350. The van der Waals surface area contributed by atoms with Crippen LogP contribution in [0.2, 0.25) is 0 Å². The van der Waals surface area contributed by atoms with Gasteiger partial charge in [0.15, 0.2) is 0 Å². The van der Waals surface area contributed by atoms with E-state index in [1.807, 2.05) is 12.1 Å². The molecule has 0 spiro atoms. The number of nitrogens with one attached hydrogen (secondary N) is 2.